The summed E-state index contributed by atoms with van der Waals surface area (Å²) in [6, 6.07) is 0.275. The van der Waals surface area contributed by atoms with Gasteiger partial charge >= 0.3 is 0 Å². The van der Waals surface area contributed by atoms with E-state index in [-0.39, 0.29) is 11.9 Å². The Morgan fingerprint density at radius 3 is 2.29 bits per heavy atom. The Hall–Kier alpha value is -0.650. The van der Waals surface area contributed by atoms with Crippen LogP contribution >= 0.6 is 0 Å². The first-order valence-electron chi connectivity index (χ1n) is 8.36. The summed E-state index contributed by atoms with van der Waals surface area (Å²) >= 11 is 0. The molecule has 0 aliphatic heterocycles. The van der Waals surface area contributed by atoms with Crippen molar-refractivity contribution in [2.75, 3.05) is 39.5 Å². The summed E-state index contributed by atoms with van der Waals surface area (Å²) in [4.78, 5) is 14.4. The standard InChI is InChI=1S/C16H32N2O3/c1-3-20-10-8-18(9-11-21-4-2)16(19)13-14-6-5-7-15(17)12-14/h14-15H,3-13,17H2,1-2H3. The number of amides is 1. The van der Waals surface area contributed by atoms with Crippen LogP contribution in [0.4, 0.5) is 0 Å². The van der Waals surface area contributed by atoms with Crippen molar-refractivity contribution in [1.82, 2.24) is 4.90 Å². The summed E-state index contributed by atoms with van der Waals surface area (Å²) in [6.07, 6.45) is 4.98. The fourth-order valence-electron chi connectivity index (χ4n) is 2.89. The Morgan fingerprint density at radius 2 is 1.76 bits per heavy atom. The van der Waals surface area contributed by atoms with Gasteiger partial charge in [-0.3, -0.25) is 4.79 Å². The summed E-state index contributed by atoms with van der Waals surface area (Å²) in [5, 5.41) is 0. The van der Waals surface area contributed by atoms with Crippen LogP contribution in [0, 0.1) is 5.92 Å². The highest BCUT2D eigenvalue weighted by atomic mass is 16.5. The van der Waals surface area contributed by atoms with E-state index in [0.29, 0.717) is 51.9 Å². The molecule has 1 rings (SSSR count). The molecule has 0 heterocycles. The van der Waals surface area contributed by atoms with E-state index >= 15 is 0 Å². The molecule has 2 unspecified atom stereocenters. The molecule has 0 aromatic carbocycles. The molecule has 2 N–H and O–H groups in total. The largest absolute Gasteiger partial charge is 0.380 e. The van der Waals surface area contributed by atoms with E-state index in [1.54, 1.807) is 0 Å². The van der Waals surface area contributed by atoms with Gasteiger partial charge in [-0.2, -0.15) is 0 Å². The van der Waals surface area contributed by atoms with E-state index in [1.807, 2.05) is 18.7 Å². The van der Waals surface area contributed by atoms with Gasteiger partial charge in [-0.05, 0) is 39.0 Å². The molecular formula is C16H32N2O3. The minimum absolute atomic E-state index is 0.216. The Labute approximate surface area is 129 Å². The molecule has 0 aromatic heterocycles. The fourth-order valence-corrected chi connectivity index (χ4v) is 2.89. The lowest BCUT2D eigenvalue weighted by molar-refractivity contribution is -0.134. The summed E-state index contributed by atoms with van der Waals surface area (Å²) in [6.45, 7) is 7.80. The molecule has 1 aliphatic carbocycles. The summed E-state index contributed by atoms with van der Waals surface area (Å²) in [5.41, 5.74) is 6.01. The van der Waals surface area contributed by atoms with E-state index in [4.69, 9.17) is 15.2 Å². The van der Waals surface area contributed by atoms with E-state index < -0.39 is 0 Å². The number of nitrogens with two attached hydrogens (primary N) is 1. The monoisotopic (exact) mass is 300 g/mol. The molecule has 124 valence electrons. The SMILES string of the molecule is CCOCCN(CCOCC)C(=O)CC1CCCC(N)C1. The van der Waals surface area contributed by atoms with Crippen molar-refractivity contribution in [3.63, 3.8) is 0 Å². The average Bonchev–Trinajstić information content (AvgIpc) is 2.46. The Morgan fingerprint density at radius 1 is 1.14 bits per heavy atom. The number of ether oxygens (including phenoxy) is 2. The smallest absolute Gasteiger partial charge is 0.223 e. The molecular weight excluding hydrogens is 268 g/mol. The maximum atomic E-state index is 12.5. The average molecular weight is 300 g/mol. The highest BCUT2D eigenvalue weighted by Crippen LogP contribution is 2.26. The van der Waals surface area contributed by atoms with Crippen molar-refractivity contribution in [2.24, 2.45) is 11.7 Å². The number of carbonyl (C=O) groups excluding carboxylic acids is 1. The molecule has 1 fully saturated rings. The van der Waals surface area contributed by atoms with Gasteiger partial charge in [-0.25, -0.2) is 0 Å². The second-order valence-corrected chi connectivity index (χ2v) is 5.77. The van der Waals surface area contributed by atoms with Crippen LogP contribution < -0.4 is 5.73 Å². The minimum atomic E-state index is 0.216. The first kappa shape index (κ1) is 18.4. The molecule has 0 saturated heterocycles. The number of rotatable bonds is 10. The highest BCUT2D eigenvalue weighted by Gasteiger charge is 2.24. The molecule has 5 heteroatoms. The Kier molecular flexibility index (Phi) is 9.63. The molecule has 1 amide bonds. The number of carbonyl (C=O) groups is 1. The summed E-state index contributed by atoms with van der Waals surface area (Å²) < 4.78 is 10.7. The molecule has 0 aromatic rings. The lowest BCUT2D eigenvalue weighted by Crippen LogP contribution is -2.39. The van der Waals surface area contributed by atoms with E-state index in [2.05, 4.69) is 0 Å². The fraction of sp³-hybridized carbons (Fsp3) is 0.938. The molecule has 1 aliphatic rings. The van der Waals surface area contributed by atoms with Crippen LogP contribution in [0.3, 0.4) is 0 Å². The molecule has 21 heavy (non-hydrogen) atoms. The predicted molar refractivity (Wildman–Crippen MR) is 84.1 cm³/mol. The zero-order chi connectivity index (χ0) is 15.5. The summed E-state index contributed by atoms with van der Waals surface area (Å²) in [5.74, 6) is 0.663. The first-order chi connectivity index (χ1) is 10.2. The summed E-state index contributed by atoms with van der Waals surface area (Å²) in [7, 11) is 0. The molecule has 2 atom stereocenters. The third-order valence-electron chi connectivity index (χ3n) is 4.06. The Bertz CT molecular complexity index is 277. The zero-order valence-corrected chi connectivity index (χ0v) is 13.7. The zero-order valence-electron chi connectivity index (χ0n) is 13.7. The minimum Gasteiger partial charge on any atom is -0.380 e. The highest BCUT2D eigenvalue weighted by molar-refractivity contribution is 5.76. The molecule has 0 radical (unpaired) electrons. The van der Waals surface area contributed by atoms with Gasteiger partial charge in [-0.1, -0.05) is 6.42 Å². The molecule has 5 nitrogen and oxygen atoms in total. The van der Waals surface area contributed by atoms with E-state index in [0.717, 1.165) is 25.7 Å². The van der Waals surface area contributed by atoms with Crippen molar-refractivity contribution in [1.29, 1.82) is 0 Å². The number of hydrogen-bond acceptors (Lipinski definition) is 4. The Balaban J connectivity index is 2.40. The topological polar surface area (TPSA) is 64.8 Å². The van der Waals surface area contributed by atoms with Crippen LogP contribution in [0.15, 0.2) is 0 Å². The quantitative estimate of drug-likeness (QED) is 0.625. The third kappa shape index (κ3) is 7.79. The number of nitrogens with zero attached hydrogens (tertiary/aromatic N) is 1. The van der Waals surface area contributed by atoms with Crippen LogP contribution in [0.1, 0.15) is 46.0 Å². The van der Waals surface area contributed by atoms with Crippen molar-refractivity contribution in [2.45, 2.75) is 52.0 Å². The van der Waals surface area contributed by atoms with E-state index in [9.17, 15) is 4.79 Å². The van der Waals surface area contributed by atoms with E-state index in [1.165, 1.54) is 0 Å². The lowest BCUT2D eigenvalue weighted by atomic mass is 9.84. The molecule has 0 spiro atoms. The van der Waals surface area contributed by atoms with Crippen molar-refractivity contribution < 1.29 is 14.3 Å². The predicted octanol–water partition coefficient (Wildman–Crippen LogP) is 1.80. The number of hydrogen-bond donors (Lipinski definition) is 1. The van der Waals surface area contributed by atoms with Crippen LogP contribution in [-0.2, 0) is 14.3 Å². The van der Waals surface area contributed by atoms with Crippen LogP contribution in [-0.4, -0.2) is 56.4 Å². The normalized spacial score (nSPS) is 22.2. The first-order valence-corrected chi connectivity index (χ1v) is 8.36. The van der Waals surface area contributed by atoms with Gasteiger partial charge in [0.2, 0.25) is 5.91 Å². The van der Waals surface area contributed by atoms with Crippen molar-refractivity contribution in [3.05, 3.63) is 0 Å². The maximum Gasteiger partial charge on any atom is 0.223 e. The van der Waals surface area contributed by atoms with Gasteiger partial charge in [0.05, 0.1) is 13.2 Å². The van der Waals surface area contributed by atoms with Gasteiger partial charge in [0.25, 0.3) is 0 Å². The van der Waals surface area contributed by atoms with Gasteiger partial charge < -0.3 is 20.1 Å². The van der Waals surface area contributed by atoms with Crippen molar-refractivity contribution >= 4 is 5.91 Å². The van der Waals surface area contributed by atoms with Gasteiger partial charge in [0.1, 0.15) is 0 Å². The van der Waals surface area contributed by atoms with Gasteiger partial charge in [-0.15, -0.1) is 0 Å². The lowest BCUT2D eigenvalue weighted by Gasteiger charge is -2.29. The van der Waals surface area contributed by atoms with Gasteiger partial charge in [0.15, 0.2) is 0 Å². The maximum absolute atomic E-state index is 12.5. The van der Waals surface area contributed by atoms with Crippen LogP contribution in [0.5, 0.6) is 0 Å². The third-order valence-corrected chi connectivity index (χ3v) is 4.06. The second-order valence-electron chi connectivity index (χ2n) is 5.77. The van der Waals surface area contributed by atoms with Gasteiger partial charge in [0, 0.05) is 38.8 Å². The second kappa shape index (κ2) is 11.0. The molecule has 0 bridgehead atoms. The van der Waals surface area contributed by atoms with Crippen LogP contribution in [0.25, 0.3) is 0 Å². The van der Waals surface area contributed by atoms with Crippen molar-refractivity contribution in [3.8, 4) is 0 Å². The molecule has 1 saturated carbocycles. The van der Waals surface area contributed by atoms with Crippen LogP contribution in [0.2, 0.25) is 0 Å².